The molecule has 1 aliphatic rings. The van der Waals surface area contributed by atoms with Crippen LogP contribution in [0.1, 0.15) is 58.0 Å². The van der Waals surface area contributed by atoms with Gasteiger partial charge in [-0.3, -0.25) is 4.79 Å². The zero-order valence-corrected chi connectivity index (χ0v) is 13.4. The number of amides is 1. The van der Waals surface area contributed by atoms with Crippen LogP contribution in [0.3, 0.4) is 0 Å². The number of nitrogens with one attached hydrogen (secondary N) is 2. The van der Waals surface area contributed by atoms with Crippen LogP contribution in [-0.2, 0) is 11.2 Å². The fourth-order valence-corrected chi connectivity index (χ4v) is 2.87. The molecule has 8 nitrogen and oxygen atoms in total. The molecule has 134 valence electrons. The highest BCUT2D eigenvalue weighted by Gasteiger charge is 2.43. The first-order chi connectivity index (χ1) is 11.3. The number of rotatable bonds is 6. The molecule has 0 radical (unpaired) electrons. The van der Waals surface area contributed by atoms with E-state index in [1.165, 1.54) is 7.11 Å². The number of aromatic nitrogens is 1. The summed E-state index contributed by atoms with van der Waals surface area (Å²) in [7, 11) is 1.19. The van der Waals surface area contributed by atoms with Crippen LogP contribution in [0.5, 0.6) is 0 Å². The van der Waals surface area contributed by atoms with Crippen LogP contribution in [0.2, 0.25) is 0 Å². The molecule has 0 fully saturated rings. The Morgan fingerprint density at radius 2 is 2.08 bits per heavy atom. The Labute approximate surface area is 137 Å². The molecule has 0 saturated carbocycles. The smallest absolute Gasteiger partial charge is 0.354 e. The third-order valence-electron chi connectivity index (χ3n) is 4.13. The first-order valence-electron chi connectivity index (χ1n) is 7.65. The highest BCUT2D eigenvalue weighted by Crippen LogP contribution is 2.34. The molecule has 2 rings (SSSR count). The summed E-state index contributed by atoms with van der Waals surface area (Å²) in [6, 6.07) is -1.44. The van der Waals surface area contributed by atoms with Crippen LogP contribution >= 0.6 is 0 Å². The van der Waals surface area contributed by atoms with Crippen molar-refractivity contribution in [3.8, 4) is 0 Å². The molecule has 0 spiro atoms. The van der Waals surface area contributed by atoms with Gasteiger partial charge in [-0.2, -0.15) is 0 Å². The normalized spacial score (nSPS) is 22.5. The van der Waals surface area contributed by atoms with Gasteiger partial charge >= 0.3 is 5.97 Å². The number of methoxy groups -OCH3 is 1. The Bertz CT molecular complexity index is 630. The predicted octanol–water partition coefficient (Wildman–Crippen LogP) is -0.0619. The van der Waals surface area contributed by atoms with E-state index in [0.717, 1.165) is 6.42 Å². The van der Waals surface area contributed by atoms with Crippen LogP contribution in [0.15, 0.2) is 0 Å². The van der Waals surface area contributed by atoms with Gasteiger partial charge in [-0.15, -0.1) is 0 Å². The number of carbonyl (C=O) groups is 2. The number of ether oxygens (including phenoxy) is 1. The van der Waals surface area contributed by atoms with E-state index in [2.05, 4.69) is 15.0 Å². The lowest BCUT2D eigenvalue weighted by atomic mass is 9.89. The van der Waals surface area contributed by atoms with E-state index >= 15 is 0 Å². The second-order valence-corrected chi connectivity index (χ2v) is 5.67. The Morgan fingerprint density at radius 3 is 2.62 bits per heavy atom. The largest absolute Gasteiger partial charge is 0.464 e. The molecule has 0 saturated heterocycles. The van der Waals surface area contributed by atoms with E-state index in [0.29, 0.717) is 18.4 Å². The SMILES string of the molecule is CCCCc1c(C(=O)OC)[nH]c2c1C(O)C(C(O)C(O)F)NC2=O. The summed E-state index contributed by atoms with van der Waals surface area (Å²) in [5, 5.41) is 31.3. The van der Waals surface area contributed by atoms with Gasteiger partial charge in [0.15, 0.2) is 0 Å². The van der Waals surface area contributed by atoms with Crippen molar-refractivity contribution in [2.24, 2.45) is 0 Å². The number of hydrogen-bond acceptors (Lipinski definition) is 6. The van der Waals surface area contributed by atoms with E-state index in [4.69, 9.17) is 5.11 Å². The zero-order chi connectivity index (χ0) is 18.0. The molecule has 0 bridgehead atoms. The maximum atomic E-state index is 13.0. The summed E-state index contributed by atoms with van der Waals surface area (Å²) in [4.78, 5) is 26.8. The van der Waals surface area contributed by atoms with Crippen molar-refractivity contribution in [3.05, 3.63) is 22.5 Å². The fourth-order valence-electron chi connectivity index (χ4n) is 2.87. The molecule has 1 aromatic heterocycles. The Morgan fingerprint density at radius 1 is 1.42 bits per heavy atom. The number of carbonyl (C=O) groups excluding carboxylic acids is 2. The van der Waals surface area contributed by atoms with Gasteiger partial charge in [0, 0.05) is 5.56 Å². The van der Waals surface area contributed by atoms with Crippen LogP contribution in [0.25, 0.3) is 0 Å². The Kier molecular flexibility index (Phi) is 5.58. The lowest BCUT2D eigenvalue weighted by molar-refractivity contribution is -0.0982. The van der Waals surface area contributed by atoms with Crippen molar-refractivity contribution in [1.82, 2.24) is 10.3 Å². The van der Waals surface area contributed by atoms with Crippen molar-refractivity contribution in [2.45, 2.75) is 50.8 Å². The summed E-state index contributed by atoms with van der Waals surface area (Å²) >= 11 is 0. The molecular formula is C15H21FN2O6. The molecule has 24 heavy (non-hydrogen) atoms. The van der Waals surface area contributed by atoms with Crippen LogP contribution in [0.4, 0.5) is 4.39 Å². The number of hydrogen-bond donors (Lipinski definition) is 5. The van der Waals surface area contributed by atoms with Gasteiger partial charge in [0.05, 0.1) is 13.2 Å². The van der Waals surface area contributed by atoms with Gasteiger partial charge in [-0.25, -0.2) is 9.18 Å². The van der Waals surface area contributed by atoms with E-state index in [1.807, 2.05) is 6.92 Å². The summed E-state index contributed by atoms with van der Waals surface area (Å²) in [6.07, 6.45) is -4.26. The van der Waals surface area contributed by atoms with Gasteiger partial charge in [-0.05, 0) is 18.4 Å². The highest BCUT2D eigenvalue weighted by atomic mass is 19.1. The Balaban J connectivity index is 2.53. The van der Waals surface area contributed by atoms with Gasteiger partial charge in [0.25, 0.3) is 5.91 Å². The van der Waals surface area contributed by atoms with Crippen molar-refractivity contribution < 1.29 is 34.0 Å². The fraction of sp³-hybridized carbons (Fsp3) is 0.600. The molecule has 1 aliphatic heterocycles. The molecule has 4 unspecified atom stereocenters. The number of esters is 1. The standard InChI is InChI=1S/C15H21FN2O6/c1-3-4-5-6-7-9(17-8(6)15(23)24-2)14(22)18-10(11(7)19)12(20)13(16)21/h10-13,17,19-21H,3-5H2,1-2H3,(H,18,22). The van der Waals surface area contributed by atoms with E-state index in [1.54, 1.807) is 0 Å². The van der Waals surface area contributed by atoms with E-state index in [9.17, 15) is 24.2 Å². The molecule has 1 aromatic rings. The monoisotopic (exact) mass is 344 g/mol. The maximum Gasteiger partial charge on any atom is 0.354 e. The van der Waals surface area contributed by atoms with Crippen LogP contribution in [0, 0.1) is 0 Å². The lowest BCUT2D eigenvalue weighted by Crippen LogP contribution is -2.54. The van der Waals surface area contributed by atoms with Gasteiger partial charge in [0.1, 0.15) is 23.6 Å². The topological polar surface area (TPSA) is 132 Å². The minimum Gasteiger partial charge on any atom is -0.464 e. The molecule has 0 aromatic carbocycles. The van der Waals surface area contributed by atoms with Crippen molar-refractivity contribution in [2.75, 3.05) is 7.11 Å². The minimum absolute atomic E-state index is 0.0363. The molecule has 2 heterocycles. The first-order valence-corrected chi connectivity index (χ1v) is 7.65. The zero-order valence-electron chi connectivity index (χ0n) is 13.4. The first kappa shape index (κ1) is 18.4. The maximum absolute atomic E-state index is 13.0. The second kappa shape index (κ2) is 7.29. The second-order valence-electron chi connectivity index (χ2n) is 5.67. The molecule has 9 heteroatoms. The number of unbranched alkanes of at least 4 members (excludes halogenated alkanes) is 1. The number of aliphatic hydroxyl groups is 3. The van der Waals surface area contributed by atoms with E-state index < -0.39 is 36.5 Å². The molecule has 0 aliphatic carbocycles. The molecule has 4 atom stereocenters. The summed E-state index contributed by atoms with van der Waals surface area (Å²) in [6.45, 7) is 1.94. The number of H-pyrrole nitrogens is 1. The number of alkyl halides is 1. The van der Waals surface area contributed by atoms with Crippen LogP contribution < -0.4 is 5.32 Å². The molecule has 5 N–H and O–H groups in total. The van der Waals surface area contributed by atoms with Crippen molar-refractivity contribution in [3.63, 3.8) is 0 Å². The van der Waals surface area contributed by atoms with Crippen LogP contribution in [-0.4, -0.2) is 57.8 Å². The highest BCUT2D eigenvalue weighted by molar-refractivity contribution is 6.00. The molecule has 1 amide bonds. The van der Waals surface area contributed by atoms with E-state index in [-0.39, 0.29) is 17.0 Å². The lowest BCUT2D eigenvalue weighted by Gasteiger charge is -2.33. The quantitative estimate of drug-likeness (QED) is 0.459. The molecular weight excluding hydrogens is 323 g/mol. The summed E-state index contributed by atoms with van der Waals surface area (Å²) < 4.78 is 17.7. The van der Waals surface area contributed by atoms with Gasteiger partial charge in [0.2, 0.25) is 6.36 Å². The number of halogens is 1. The van der Waals surface area contributed by atoms with Gasteiger partial charge in [-0.1, -0.05) is 13.3 Å². The summed E-state index contributed by atoms with van der Waals surface area (Å²) in [5.74, 6) is -1.41. The third-order valence-corrected chi connectivity index (χ3v) is 4.13. The van der Waals surface area contributed by atoms with Crippen molar-refractivity contribution >= 4 is 11.9 Å². The third kappa shape index (κ3) is 3.14. The number of aliphatic hydroxyl groups excluding tert-OH is 3. The summed E-state index contributed by atoms with van der Waals surface area (Å²) in [5.41, 5.74) is 0.524. The van der Waals surface area contributed by atoms with Crippen molar-refractivity contribution in [1.29, 1.82) is 0 Å². The predicted molar refractivity (Wildman–Crippen MR) is 80.1 cm³/mol. The number of aromatic amines is 1. The average molecular weight is 344 g/mol. The average Bonchev–Trinajstić information content (AvgIpc) is 2.94. The number of fused-ring (bicyclic) bond motifs is 1. The minimum atomic E-state index is -2.63. The van der Waals surface area contributed by atoms with Gasteiger partial charge < -0.3 is 30.4 Å². The Hall–Kier alpha value is -1.97.